The second-order valence-corrected chi connectivity index (χ2v) is 4.48. The Morgan fingerprint density at radius 3 is 2.47 bits per heavy atom. The zero-order valence-corrected chi connectivity index (χ0v) is 11.5. The van der Waals surface area contributed by atoms with Crippen molar-refractivity contribution in [2.24, 2.45) is 0 Å². The molecule has 0 spiro atoms. The lowest BCUT2D eigenvalue weighted by Crippen LogP contribution is -1.99. The van der Waals surface area contributed by atoms with Gasteiger partial charge in [-0.3, -0.25) is 0 Å². The van der Waals surface area contributed by atoms with Crippen LogP contribution in [0.1, 0.15) is 12.5 Å². The number of anilines is 1. The average molecular weight is 278 g/mol. The average Bonchev–Trinajstić information content (AvgIpc) is 2.42. The largest absolute Gasteiger partial charge is 0.492 e. The lowest BCUT2D eigenvalue weighted by atomic mass is 10.2. The van der Waals surface area contributed by atoms with E-state index in [4.69, 9.17) is 26.8 Å². The van der Waals surface area contributed by atoms with Crippen molar-refractivity contribution in [3.8, 4) is 11.5 Å². The molecule has 0 aliphatic carbocycles. The number of nitrogens with two attached hydrogens (primary N) is 1. The molecule has 0 fully saturated rings. The fourth-order valence-electron chi connectivity index (χ4n) is 1.63. The van der Waals surface area contributed by atoms with Gasteiger partial charge >= 0.3 is 0 Å². The van der Waals surface area contributed by atoms with E-state index < -0.39 is 0 Å². The van der Waals surface area contributed by atoms with Gasteiger partial charge in [-0.1, -0.05) is 23.7 Å². The van der Waals surface area contributed by atoms with Gasteiger partial charge in [-0.2, -0.15) is 0 Å². The minimum Gasteiger partial charge on any atom is -0.492 e. The highest BCUT2D eigenvalue weighted by atomic mass is 35.5. The molecule has 2 aromatic rings. The molecule has 0 bridgehead atoms. The highest BCUT2D eigenvalue weighted by Crippen LogP contribution is 2.27. The maximum atomic E-state index is 5.83. The summed E-state index contributed by atoms with van der Waals surface area (Å²) in [7, 11) is 0. The number of ether oxygens (including phenoxy) is 2. The predicted octanol–water partition coefficient (Wildman–Crippen LogP) is 3.90. The number of hydrogen-bond donors (Lipinski definition) is 1. The lowest BCUT2D eigenvalue weighted by molar-refractivity contribution is 0.300. The minimum absolute atomic E-state index is 0.479. The second kappa shape index (κ2) is 6.34. The van der Waals surface area contributed by atoms with Crippen LogP contribution in [0.4, 0.5) is 5.69 Å². The van der Waals surface area contributed by atoms with Gasteiger partial charge in [0, 0.05) is 11.1 Å². The Labute approximate surface area is 117 Å². The first-order valence-electron chi connectivity index (χ1n) is 6.08. The van der Waals surface area contributed by atoms with Crippen molar-refractivity contribution in [1.82, 2.24) is 0 Å². The zero-order valence-electron chi connectivity index (χ0n) is 10.7. The molecule has 0 radical (unpaired) electrons. The first-order valence-corrected chi connectivity index (χ1v) is 6.46. The van der Waals surface area contributed by atoms with Crippen molar-refractivity contribution in [3.63, 3.8) is 0 Å². The molecule has 0 saturated heterocycles. The van der Waals surface area contributed by atoms with Crippen LogP contribution in [0.25, 0.3) is 0 Å². The number of halogens is 1. The first-order chi connectivity index (χ1) is 9.19. The van der Waals surface area contributed by atoms with E-state index in [-0.39, 0.29) is 0 Å². The van der Waals surface area contributed by atoms with Gasteiger partial charge in [0.1, 0.15) is 18.1 Å². The minimum atomic E-state index is 0.479. The van der Waals surface area contributed by atoms with E-state index in [1.807, 2.05) is 37.3 Å². The smallest absolute Gasteiger partial charge is 0.145 e. The third kappa shape index (κ3) is 3.80. The lowest BCUT2D eigenvalue weighted by Gasteiger charge is -2.10. The summed E-state index contributed by atoms with van der Waals surface area (Å²) >= 11 is 5.83. The van der Waals surface area contributed by atoms with E-state index in [1.165, 1.54) is 0 Å². The van der Waals surface area contributed by atoms with Crippen LogP contribution in [0.15, 0.2) is 42.5 Å². The number of hydrogen-bond acceptors (Lipinski definition) is 3. The van der Waals surface area contributed by atoms with E-state index in [0.717, 1.165) is 16.3 Å². The van der Waals surface area contributed by atoms with Crippen molar-refractivity contribution >= 4 is 17.3 Å². The van der Waals surface area contributed by atoms with Gasteiger partial charge in [-0.15, -0.1) is 0 Å². The first kappa shape index (κ1) is 13.6. The van der Waals surface area contributed by atoms with Gasteiger partial charge in [0.15, 0.2) is 0 Å². The van der Waals surface area contributed by atoms with E-state index >= 15 is 0 Å². The number of benzene rings is 2. The van der Waals surface area contributed by atoms with Gasteiger partial charge in [0.2, 0.25) is 0 Å². The van der Waals surface area contributed by atoms with Crippen molar-refractivity contribution in [1.29, 1.82) is 0 Å². The highest BCUT2D eigenvalue weighted by Gasteiger charge is 2.03. The fourth-order valence-corrected chi connectivity index (χ4v) is 1.76. The summed E-state index contributed by atoms with van der Waals surface area (Å²) < 4.78 is 11.1. The molecule has 19 heavy (non-hydrogen) atoms. The zero-order chi connectivity index (χ0) is 13.7. The van der Waals surface area contributed by atoms with Crippen molar-refractivity contribution < 1.29 is 9.47 Å². The molecule has 0 saturated carbocycles. The van der Waals surface area contributed by atoms with Gasteiger partial charge < -0.3 is 15.2 Å². The highest BCUT2D eigenvalue weighted by molar-refractivity contribution is 6.30. The van der Waals surface area contributed by atoms with E-state index in [9.17, 15) is 0 Å². The number of nitrogen functional groups attached to an aromatic ring is 1. The fraction of sp³-hybridized carbons (Fsp3) is 0.200. The van der Waals surface area contributed by atoms with E-state index in [0.29, 0.717) is 24.7 Å². The molecule has 0 aliphatic rings. The van der Waals surface area contributed by atoms with Crippen LogP contribution < -0.4 is 15.2 Å². The second-order valence-electron chi connectivity index (χ2n) is 4.05. The Kier molecular flexibility index (Phi) is 4.53. The normalized spacial score (nSPS) is 10.2. The van der Waals surface area contributed by atoms with Crippen LogP contribution in [0.5, 0.6) is 11.5 Å². The Morgan fingerprint density at radius 1 is 1.05 bits per heavy atom. The van der Waals surface area contributed by atoms with Crippen molar-refractivity contribution in [3.05, 3.63) is 53.1 Å². The number of rotatable bonds is 5. The topological polar surface area (TPSA) is 44.5 Å². The standard InChI is InChI=1S/C15H16ClNO2/c1-2-18-15-9-13(7-8-14(15)17)19-10-11-3-5-12(16)6-4-11/h3-9H,2,10,17H2,1H3. The van der Waals surface area contributed by atoms with E-state index in [1.54, 1.807) is 12.1 Å². The molecule has 2 N–H and O–H groups in total. The third-order valence-electron chi connectivity index (χ3n) is 2.60. The molecular formula is C15H16ClNO2. The van der Waals surface area contributed by atoms with Gasteiger partial charge in [-0.05, 0) is 36.8 Å². The molecule has 0 atom stereocenters. The molecule has 0 unspecified atom stereocenters. The van der Waals surface area contributed by atoms with Gasteiger partial charge in [0.25, 0.3) is 0 Å². The quantitative estimate of drug-likeness (QED) is 0.843. The summed E-state index contributed by atoms with van der Waals surface area (Å²) in [6.07, 6.45) is 0. The monoisotopic (exact) mass is 277 g/mol. The molecule has 0 heterocycles. The van der Waals surface area contributed by atoms with Crippen LogP contribution in [-0.4, -0.2) is 6.61 Å². The molecule has 3 nitrogen and oxygen atoms in total. The molecule has 0 aromatic heterocycles. The van der Waals surface area contributed by atoms with Crippen LogP contribution in [-0.2, 0) is 6.61 Å². The molecule has 0 aliphatic heterocycles. The summed E-state index contributed by atoms with van der Waals surface area (Å²) in [4.78, 5) is 0. The Bertz CT molecular complexity index is 540. The van der Waals surface area contributed by atoms with Crippen LogP contribution in [0.3, 0.4) is 0 Å². The van der Waals surface area contributed by atoms with Gasteiger partial charge in [0.05, 0.1) is 12.3 Å². The summed E-state index contributed by atoms with van der Waals surface area (Å²) in [5.74, 6) is 1.38. The van der Waals surface area contributed by atoms with Crippen LogP contribution in [0, 0.1) is 0 Å². The summed E-state index contributed by atoms with van der Waals surface area (Å²) in [6, 6.07) is 13.0. The maximum Gasteiger partial charge on any atom is 0.145 e. The summed E-state index contributed by atoms with van der Waals surface area (Å²) in [5.41, 5.74) is 7.47. The molecule has 2 aromatic carbocycles. The molecule has 2 rings (SSSR count). The van der Waals surface area contributed by atoms with E-state index in [2.05, 4.69) is 0 Å². The third-order valence-corrected chi connectivity index (χ3v) is 2.86. The van der Waals surface area contributed by atoms with Crippen LogP contribution in [0.2, 0.25) is 5.02 Å². The molecule has 0 amide bonds. The molecule has 4 heteroatoms. The predicted molar refractivity (Wildman–Crippen MR) is 77.8 cm³/mol. The van der Waals surface area contributed by atoms with Gasteiger partial charge in [-0.25, -0.2) is 0 Å². The van der Waals surface area contributed by atoms with Crippen LogP contribution >= 0.6 is 11.6 Å². The SMILES string of the molecule is CCOc1cc(OCc2ccc(Cl)cc2)ccc1N. The Morgan fingerprint density at radius 2 is 1.79 bits per heavy atom. The van der Waals surface area contributed by atoms with Crippen molar-refractivity contribution in [2.45, 2.75) is 13.5 Å². The summed E-state index contributed by atoms with van der Waals surface area (Å²) in [6.45, 7) is 2.97. The Hall–Kier alpha value is -1.87. The molecule has 100 valence electrons. The Balaban J connectivity index is 2.03. The summed E-state index contributed by atoms with van der Waals surface area (Å²) in [5, 5.41) is 0.717. The molecular weight excluding hydrogens is 262 g/mol. The van der Waals surface area contributed by atoms with Crippen molar-refractivity contribution in [2.75, 3.05) is 12.3 Å². The maximum absolute atomic E-state index is 5.83.